The summed E-state index contributed by atoms with van der Waals surface area (Å²) in [5, 5.41) is 16.4. The highest BCUT2D eigenvalue weighted by atomic mass is 127. The molecule has 1 aromatic rings. The standard InChI is InChI=1S/C18H27F3N4O.HI/c1-2-22-17(23-11-16(26)10-14-6-4-3-5-7-14)24-15-8-9-25(12-15)13-18(19,20)21;/h3-7,15-16,26H,2,8-13H2,1H3,(H2,22,23,24);1H. The number of likely N-dealkylation sites (tertiary alicyclic amines) is 1. The fraction of sp³-hybridized carbons (Fsp3) is 0.611. The molecule has 3 N–H and O–H groups in total. The number of aliphatic hydroxyl groups is 1. The lowest BCUT2D eigenvalue weighted by molar-refractivity contribution is -0.143. The van der Waals surface area contributed by atoms with Crippen molar-refractivity contribution in [3.63, 3.8) is 0 Å². The predicted molar refractivity (Wildman–Crippen MR) is 112 cm³/mol. The predicted octanol–water partition coefficient (Wildman–Crippen LogP) is 2.40. The number of hydrogen-bond acceptors (Lipinski definition) is 3. The van der Waals surface area contributed by atoms with Crippen LogP contribution in [0.3, 0.4) is 0 Å². The summed E-state index contributed by atoms with van der Waals surface area (Å²) < 4.78 is 37.4. The number of halogens is 4. The molecule has 1 aliphatic rings. The Morgan fingerprint density at radius 3 is 2.67 bits per heavy atom. The van der Waals surface area contributed by atoms with Crippen LogP contribution in [0.2, 0.25) is 0 Å². The minimum atomic E-state index is -4.17. The van der Waals surface area contributed by atoms with Crippen molar-refractivity contribution < 1.29 is 18.3 Å². The second kappa shape index (κ2) is 11.7. The van der Waals surface area contributed by atoms with Crippen LogP contribution in [0.15, 0.2) is 35.3 Å². The Morgan fingerprint density at radius 1 is 1.33 bits per heavy atom. The lowest BCUT2D eigenvalue weighted by atomic mass is 10.1. The Morgan fingerprint density at radius 2 is 2.04 bits per heavy atom. The molecule has 1 heterocycles. The minimum Gasteiger partial charge on any atom is -0.391 e. The van der Waals surface area contributed by atoms with E-state index in [0.29, 0.717) is 38.4 Å². The van der Waals surface area contributed by atoms with Gasteiger partial charge in [-0.2, -0.15) is 13.2 Å². The lowest BCUT2D eigenvalue weighted by Gasteiger charge is -2.20. The Bertz CT molecular complexity index is 571. The van der Waals surface area contributed by atoms with Gasteiger partial charge >= 0.3 is 6.18 Å². The molecule has 27 heavy (non-hydrogen) atoms. The molecule has 1 fully saturated rings. The Kier molecular flexibility index (Phi) is 10.4. The second-order valence-electron chi connectivity index (χ2n) is 6.54. The van der Waals surface area contributed by atoms with E-state index in [2.05, 4.69) is 15.6 Å². The SMILES string of the molecule is CCNC(=NCC(O)Cc1ccccc1)NC1CCN(CC(F)(F)F)C1.I. The molecule has 0 bridgehead atoms. The summed E-state index contributed by atoms with van der Waals surface area (Å²) in [5.41, 5.74) is 1.03. The van der Waals surface area contributed by atoms with Crippen LogP contribution < -0.4 is 10.6 Å². The summed E-state index contributed by atoms with van der Waals surface area (Å²) in [7, 11) is 0. The van der Waals surface area contributed by atoms with E-state index in [4.69, 9.17) is 0 Å². The van der Waals surface area contributed by atoms with Crippen molar-refractivity contribution in [2.24, 2.45) is 4.99 Å². The maximum absolute atomic E-state index is 12.5. The van der Waals surface area contributed by atoms with Gasteiger partial charge in [0, 0.05) is 32.1 Å². The van der Waals surface area contributed by atoms with Gasteiger partial charge in [0.15, 0.2) is 5.96 Å². The van der Waals surface area contributed by atoms with Gasteiger partial charge in [0.25, 0.3) is 0 Å². The Labute approximate surface area is 175 Å². The summed E-state index contributed by atoms with van der Waals surface area (Å²) in [6.45, 7) is 2.64. The molecule has 0 saturated carbocycles. The van der Waals surface area contributed by atoms with Crippen LogP contribution in [-0.4, -0.2) is 67.0 Å². The summed E-state index contributed by atoms with van der Waals surface area (Å²) >= 11 is 0. The molecular weight excluding hydrogens is 472 g/mol. The van der Waals surface area contributed by atoms with Crippen molar-refractivity contribution >= 4 is 29.9 Å². The van der Waals surface area contributed by atoms with Crippen LogP contribution in [0.5, 0.6) is 0 Å². The third kappa shape index (κ3) is 9.61. The minimum absolute atomic E-state index is 0. The number of hydrogen-bond donors (Lipinski definition) is 3. The van der Waals surface area contributed by atoms with E-state index in [0.717, 1.165) is 5.56 Å². The fourth-order valence-electron chi connectivity index (χ4n) is 3.01. The molecule has 0 spiro atoms. The average molecular weight is 500 g/mol. The van der Waals surface area contributed by atoms with Gasteiger partial charge in [-0.1, -0.05) is 30.3 Å². The first kappa shape index (κ1) is 24.0. The van der Waals surface area contributed by atoms with Gasteiger partial charge in [0.1, 0.15) is 0 Å². The van der Waals surface area contributed by atoms with Gasteiger partial charge in [0.2, 0.25) is 0 Å². The zero-order valence-corrected chi connectivity index (χ0v) is 17.7. The van der Waals surface area contributed by atoms with Crippen LogP contribution in [0, 0.1) is 0 Å². The number of rotatable bonds is 7. The van der Waals surface area contributed by atoms with Crippen molar-refractivity contribution in [3.05, 3.63) is 35.9 Å². The van der Waals surface area contributed by atoms with Crippen LogP contribution in [-0.2, 0) is 6.42 Å². The first-order chi connectivity index (χ1) is 12.4. The monoisotopic (exact) mass is 500 g/mol. The molecule has 1 aliphatic heterocycles. The van der Waals surface area contributed by atoms with E-state index in [1.54, 1.807) is 0 Å². The topological polar surface area (TPSA) is 59.9 Å². The Hall–Kier alpha value is -1.07. The Balaban J connectivity index is 0.00000364. The molecule has 2 unspecified atom stereocenters. The number of nitrogens with one attached hydrogen (secondary N) is 2. The largest absolute Gasteiger partial charge is 0.401 e. The maximum atomic E-state index is 12.5. The van der Waals surface area contributed by atoms with Crippen molar-refractivity contribution in [3.8, 4) is 0 Å². The number of alkyl halides is 3. The molecule has 154 valence electrons. The fourth-order valence-corrected chi connectivity index (χ4v) is 3.01. The highest BCUT2D eigenvalue weighted by molar-refractivity contribution is 14.0. The third-order valence-electron chi connectivity index (χ3n) is 4.13. The van der Waals surface area contributed by atoms with E-state index >= 15 is 0 Å². The van der Waals surface area contributed by atoms with E-state index in [1.165, 1.54) is 4.90 Å². The molecular formula is C18H28F3IN4O. The molecule has 2 atom stereocenters. The average Bonchev–Trinajstić information content (AvgIpc) is 2.99. The smallest absolute Gasteiger partial charge is 0.391 e. The molecule has 5 nitrogen and oxygen atoms in total. The van der Waals surface area contributed by atoms with E-state index in [-0.39, 0.29) is 36.6 Å². The summed E-state index contributed by atoms with van der Waals surface area (Å²) in [5.74, 6) is 0.526. The molecule has 9 heteroatoms. The number of benzene rings is 1. The molecule has 2 rings (SSSR count). The normalized spacial score (nSPS) is 19.4. The number of aliphatic hydroxyl groups excluding tert-OH is 1. The zero-order valence-electron chi connectivity index (χ0n) is 15.4. The van der Waals surface area contributed by atoms with Crippen LogP contribution in [0.4, 0.5) is 13.2 Å². The zero-order chi connectivity index (χ0) is 19.0. The molecule has 0 aliphatic carbocycles. The maximum Gasteiger partial charge on any atom is 0.401 e. The summed E-state index contributed by atoms with van der Waals surface area (Å²) in [4.78, 5) is 5.77. The summed E-state index contributed by atoms with van der Waals surface area (Å²) in [6.07, 6.45) is -3.65. The van der Waals surface area contributed by atoms with E-state index in [1.807, 2.05) is 37.3 Å². The van der Waals surface area contributed by atoms with Crippen LogP contribution in [0.25, 0.3) is 0 Å². The first-order valence-electron chi connectivity index (χ1n) is 8.91. The molecule has 0 amide bonds. The molecule has 0 aromatic heterocycles. The highest BCUT2D eigenvalue weighted by Crippen LogP contribution is 2.19. The molecule has 1 aromatic carbocycles. The molecule has 0 radical (unpaired) electrons. The lowest BCUT2D eigenvalue weighted by Crippen LogP contribution is -2.45. The van der Waals surface area contributed by atoms with Gasteiger partial charge in [-0.15, -0.1) is 24.0 Å². The first-order valence-corrected chi connectivity index (χ1v) is 8.91. The highest BCUT2D eigenvalue weighted by Gasteiger charge is 2.34. The van der Waals surface area contributed by atoms with E-state index in [9.17, 15) is 18.3 Å². The van der Waals surface area contributed by atoms with Crippen LogP contribution in [0.1, 0.15) is 18.9 Å². The van der Waals surface area contributed by atoms with Gasteiger partial charge in [0.05, 0.1) is 19.2 Å². The van der Waals surface area contributed by atoms with Gasteiger partial charge < -0.3 is 15.7 Å². The van der Waals surface area contributed by atoms with Crippen molar-refractivity contribution in [1.82, 2.24) is 15.5 Å². The molecule has 1 saturated heterocycles. The number of guanidine groups is 1. The van der Waals surface area contributed by atoms with Gasteiger partial charge in [-0.25, -0.2) is 0 Å². The van der Waals surface area contributed by atoms with E-state index < -0.39 is 18.8 Å². The van der Waals surface area contributed by atoms with Gasteiger partial charge in [-0.3, -0.25) is 9.89 Å². The number of aliphatic imine (C=N–C) groups is 1. The number of nitrogens with zero attached hydrogens (tertiary/aromatic N) is 2. The third-order valence-corrected chi connectivity index (χ3v) is 4.13. The van der Waals surface area contributed by atoms with Gasteiger partial charge in [-0.05, 0) is 18.9 Å². The van der Waals surface area contributed by atoms with Crippen molar-refractivity contribution in [2.75, 3.05) is 32.7 Å². The van der Waals surface area contributed by atoms with Crippen LogP contribution >= 0.6 is 24.0 Å². The van der Waals surface area contributed by atoms with Crippen molar-refractivity contribution in [1.29, 1.82) is 0 Å². The van der Waals surface area contributed by atoms with Crippen molar-refractivity contribution in [2.45, 2.75) is 38.1 Å². The summed E-state index contributed by atoms with van der Waals surface area (Å²) in [6, 6.07) is 9.58. The second-order valence-corrected chi connectivity index (χ2v) is 6.54. The quantitative estimate of drug-likeness (QED) is 0.306.